The summed E-state index contributed by atoms with van der Waals surface area (Å²) in [6, 6.07) is 25.8. The Bertz CT molecular complexity index is 847. The van der Waals surface area contributed by atoms with Gasteiger partial charge in [-0.3, -0.25) is 0 Å². The predicted molar refractivity (Wildman–Crippen MR) is 94.4 cm³/mol. The normalized spacial score (nSPS) is 12.4. The monoisotopic (exact) mass is 300 g/mol. The zero-order chi connectivity index (χ0) is 14.9. The van der Waals surface area contributed by atoms with Crippen molar-refractivity contribution in [3.8, 4) is 0 Å². The van der Waals surface area contributed by atoms with Gasteiger partial charge in [0.25, 0.3) is 0 Å². The lowest BCUT2D eigenvalue weighted by Gasteiger charge is -2.20. The van der Waals surface area contributed by atoms with E-state index in [1.165, 1.54) is 32.0 Å². The van der Waals surface area contributed by atoms with E-state index in [0.29, 0.717) is 0 Å². The fourth-order valence-corrected chi connectivity index (χ4v) is 3.94. The molecule has 0 aliphatic carbocycles. The van der Waals surface area contributed by atoms with Crippen molar-refractivity contribution in [1.82, 2.24) is 0 Å². The lowest BCUT2D eigenvalue weighted by molar-refractivity contribution is 1.05. The third kappa shape index (κ3) is 2.38. The molecule has 0 N–H and O–H groups in total. The lowest BCUT2D eigenvalue weighted by atomic mass is 9.95. The highest BCUT2D eigenvalue weighted by Gasteiger charge is 2.16. The molecule has 3 aromatic carbocycles. The number of fused-ring (bicyclic) bond motifs is 2. The SMILES string of the molecule is C=C(c1ccccc1)c1ccc2c(c1)Cc1ccccc1S2. The van der Waals surface area contributed by atoms with Crippen molar-refractivity contribution < 1.29 is 0 Å². The van der Waals surface area contributed by atoms with Crippen LogP contribution in [0.1, 0.15) is 22.3 Å². The maximum atomic E-state index is 4.28. The molecule has 0 saturated carbocycles. The van der Waals surface area contributed by atoms with Gasteiger partial charge in [-0.05, 0) is 52.4 Å². The van der Waals surface area contributed by atoms with Crippen LogP contribution in [0.25, 0.3) is 5.57 Å². The molecule has 1 aliphatic heterocycles. The lowest BCUT2D eigenvalue weighted by Crippen LogP contribution is -2.00. The van der Waals surface area contributed by atoms with E-state index in [2.05, 4.69) is 73.3 Å². The number of benzene rings is 3. The smallest absolute Gasteiger partial charge is 0.0158 e. The molecule has 0 radical (unpaired) electrons. The molecular weight excluding hydrogens is 284 g/mol. The molecule has 0 aromatic heterocycles. The maximum Gasteiger partial charge on any atom is 0.0158 e. The van der Waals surface area contributed by atoms with Gasteiger partial charge in [0.1, 0.15) is 0 Å². The minimum atomic E-state index is 1.01. The first-order valence-corrected chi connectivity index (χ1v) is 8.26. The van der Waals surface area contributed by atoms with Crippen molar-refractivity contribution in [3.05, 3.63) is 102 Å². The summed E-state index contributed by atoms with van der Waals surface area (Å²) in [6.45, 7) is 4.28. The summed E-state index contributed by atoms with van der Waals surface area (Å²) in [5.41, 5.74) is 6.31. The summed E-state index contributed by atoms with van der Waals surface area (Å²) in [7, 11) is 0. The average Bonchev–Trinajstić information content (AvgIpc) is 2.59. The summed E-state index contributed by atoms with van der Waals surface area (Å²) in [5.74, 6) is 0. The number of hydrogen-bond acceptors (Lipinski definition) is 1. The second kappa shape index (κ2) is 5.51. The Labute approximate surface area is 135 Å². The first-order chi connectivity index (χ1) is 10.8. The van der Waals surface area contributed by atoms with Crippen molar-refractivity contribution in [2.45, 2.75) is 16.2 Å². The van der Waals surface area contributed by atoms with Gasteiger partial charge in [-0.15, -0.1) is 0 Å². The minimum absolute atomic E-state index is 1.01. The van der Waals surface area contributed by atoms with E-state index in [1.54, 1.807) is 0 Å². The van der Waals surface area contributed by atoms with Crippen LogP contribution in [0.3, 0.4) is 0 Å². The van der Waals surface area contributed by atoms with Crippen molar-refractivity contribution in [2.24, 2.45) is 0 Å². The van der Waals surface area contributed by atoms with Crippen LogP contribution in [0.2, 0.25) is 0 Å². The molecule has 0 amide bonds. The van der Waals surface area contributed by atoms with Gasteiger partial charge in [0.2, 0.25) is 0 Å². The largest absolute Gasteiger partial charge is 0.0906 e. The van der Waals surface area contributed by atoms with Crippen LogP contribution in [0, 0.1) is 0 Å². The molecule has 0 nitrogen and oxygen atoms in total. The van der Waals surface area contributed by atoms with Crippen LogP contribution in [0.4, 0.5) is 0 Å². The number of rotatable bonds is 2. The second-order valence-electron chi connectivity index (χ2n) is 5.55. The molecule has 106 valence electrons. The second-order valence-corrected chi connectivity index (χ2v) is 6.64. The summed E-state index contributed by atoms with van der Waals surface area (Å²) in [6.07, 6.45) is 1.01. The quantitative estimate of drug-likeness (QED) is 0.450. The van der Waals surface area contributed by atoms with Crippen LogP contribution in [0.5, 0.6) is 0 Å². The van der Waals surface area contributed by atoms with E-state index in [-0.39, 0.29) is 0 Å². The first-order valence-electron chi connectivity index (χ1n) is 7.44. The van der Waals surface area contributed by atoms with Crippen molar-refractivity contribution in [1.29, 1.82) is 0 Å². The van der Waals surface area contributed by atoms with E-state index >= 15 is 0 Å². The molecule has 0 fully saturated rings. The summed E-state index contributed by atoms with van der Waals surface area (Å²) in [5, 5.41) is 0. The van der Waals surface area contributed by atoms with Crippen LogP contribution in [-0.4, -0.2) is 0 Å². The Balaban J connectivity index is 1.70. The van der Waals surface area contributed by atoms with Crippen LogP contribution < -0.4 is 0 Å². The van der Waals surface area contributed by atoms with Gasteiger partial charge < -0.3 is 0 Å². The molecule has 0 atom stereocenters. The third-order valence-electron chi connectivity index (χ3n) is 4.10. The van der Waals surface area contributed by atoms with Crippen molar-refractivity contribution >= 4 is 17.3 Å². The van der Waals surface area contributed by atoms with Crippen molar-refractivity contribution in [2.75, 3.05) is 0 Å². The zero-order valence-electron chi connectivity index (χ0n) is 12.3. The molecule has 3 aromatic rings. The Morgan fingerprint density at radius 2 is 1.45 bits per heavy atom. The molecule has 0 saturated heterocycles. The van der Waals surface area contributed by atoms with Gasteiger partial charge in [-0.25, -0.2) is 0 Å². The highest BCUT2D eigenvalue weighted by atomic mass is 32.2. The van der Waals surface area contributed by atoms with Crippen molar-refractivity contribution in [3.63, 3.8) is 0 Å². The molecule has 4 rings (SSSR count). The summed E-state index contributed by atoms with van der Waals surface area (Å²) in [4.78, 5) is 2.74. The molecule has 1 heteroatoms. The van der Waals surface area contributed by atoms with E-state index in [4.69, 9.17) is 0 Å². The van der Waals surface area contributed by atoms with E-state index in [0.717, 1.165) is 12.0 Å². The Kier molecular flexibility index (Phi) is 3.36. The minimum Gasteiger partial charge on any atom is -0.0906 e. The van der Waals surface area contributed by atoms with Gasteiger partial charge in [0.15, 0.2) is 0 Å². The first kappa shape index (κ1) is 13.4. The molecule has 1 heterocycles. The number of hydrogen-bond donors (Lipinski definition) is 0. The van der Waals surface area contributed by atoms with E-state index in [9.17, 15) is 0 Å². The Morgan fingerprint density at radius 3 is 2.32 bits per heavy atom. The Morgan fingerprint density at radius 1 is 0.727 bits per heavy atom. The van der Waals surface area contributed by atoms with Gasteiger partial charge >= 0.3 is 0 Å². The highest BCUT2D eigenvalue weighted by Crippen LogP contribution is 2.40. The fraction of sp³-hybridized carbons (Fsp3) is 0.0476. The van der Waals surface area contributed by atoms with E-state index < -0.39 is 0 Å². The molecule has 22 heavy (non-hydrogen) atoms. The highest BCUT2D eigenvalue weighted by molar-refractivity contribution is 7.99. The molecule has 0 spiro atoms. The van der Waals surface area contributed by atoms with Crippen LogP contribution in [0.15, 0.2) is 89.2 Å². The standard InChI is InChI=1S/C21H16S/c1-15(16-7-3-2-4-8-16)17-11-12-21-19(13-17)14-18-9-5-6-10-20(18)22-21/h2-13H,1,14H2. The molecule has 0 bridgehead atoms. The molecule has 1 aliphatic rings. The average molecular weight is 300 g/mol. The maximum absolute atomic E-state index is 4.28. The Hall–Kier alpha value is -2.25. The third-order valence-corrected chi connectivity index (χ3v) is 5.34. The predicted octanol–water partition coefficient (Wildman–Crippen LogP) is 5.80. The molecular formula is C21H16S. The molecule has 0 unspecified atom stereocenters. The fourth-order valence-electron chi connectivity index (χ4n) is 2.88. The summed E-state index contributed by atoms with van der Waals surface area (Å²) >= 11 is 1.87. The topological polar surface area (TPSA) is 0 Å². The zero-order valence-corrected chi connectivity index (χ0v) is 13.1. The van der Waals surface area contributed by atoms with Crippen LogP contribution in [-0.2, 0) is 6.42 Å². The van der Waals surface area contributed by atoms with Gasteiger partial charge in [-0.1, -0.05) is 72.9 Å². The van der Waals surface area contributed by atoms with Gasteiger partial charge in [-0.2, -0.15) is 0 Å². The van der Waals surface area contributed by atoms with E-state index in [1.807, 2.05) is 17.8 Å². The van der Waals surface area contributed by atoms with Gasteiger partial charge in [0, 0.05) is 9.79 Å². The van der Waals surface area contributed by atoms with Gasteiger partial charge in [0.05, 0.1) is 0 Å². The van der Waals surface area contributed by atoms with Crippen LogP contribution >= 0.6 is 11.8 Å². The summed E-state index contributed by atoms with van der Waals surface area (Å²) < 4.78 is 0.